The van der Waals surface area contributed by atoms with Crippen LogP contribution in [0.4, 0.5) is 0 Å². The molecule has 3 N–H and O–H groups in total. The lowest BCUT2D eigenvalue weighted by Crippen LogP contribution is -2.58. The Labute approximate surface area is 155 Å². The number of hydrogen-bond acceptors (Lipinski definition) is 4. The van der Waals surface area contributed by atoms with Gasteiger partial charge in [0.15, 0.2) is 0 Å². The molecule has 0 aromatic rings. The fourth-order valence-electron chi connectivity index (χ4n) is 7.77. The van der Waals surface area contributed by atoms with Crippen LogP contribution in [0.15, 0.2) is 0 Å². The fraction of sp³-hybridized carbons (Fsp3) is 0.905. The van der Waals surface area contributed by atoms with Gasteiger partial charge in [0.1, 0.15) is 5.78 Å². The number of hydrogen-bond donors (Lipinski definition) is 3. The lowest BCUT2D eigenvalue weighted by atomic mass is 9.44. The van der Waals surface area contributed by atoms with E-state index in [9.17, 15) is 24.9 Å². The average molecular weight is 364 g/mol. The number of aliphatic hydroxyl groups is 2. The molecule has 9 atom stereocenters. The van der Waals surface area contributed by atoms with Gasteiger partial charge in [-0.05, 0) is 73.0 Å². The summed E-state index contributed by atoms with van der Waals surface area (Å²) in [4.78, 5) is 24.7. The molecule has 0 aromatic heterocycles. The molecule has 1 unspecified atom stereocenters. The van der Waals surface area contributed by atoms with Crippen LogP contribution in [0.2, 0.25) is 0 Å². The topological polar surface area (TPSA) is 94.8 Å². The summed E-state index contributed by atoms with van der Waals surface area (Å²) in [5.41, 5.74) is -0.474. The monoisotopic (exact) mass is 364 g/mol. The molecule has 0 saturated heterocycles. The van der Waals surface area contributed by atoms with Crippen LogP contribution >= 0.6 is 0 Å². The number of Topliss-reactive ketones (excluding diaryl/α,β-unsaturated/α-hetero) is 1. The number of carbonyl (C=O) groups excluding carboxylic acids is 1. The number of carboxylic acids is 1. The van der Waals surface area contributed by atoms with Crippen LogP contribution in [-0.2, 0) is 9.59 Å². The molecule has 0 heterocycles. The second-order valence-corrected chi connectivity index (χ2v) is 10.1. The van der Waals surface area contributed by atoms with Gasteiger partial charge in [0.25, 0.3) is 0 Å². The summed E-state index contributed by atoms with van der Waals surface area (Å²) in [6, 6.07) is 0. The molecule has 26 heavy (non-hydrogen) atoms. The first-order valence-electron chi connectivity index (χ1n) is 10.3. The Kier molecular flexibility index (Phi) is 4.27. The van der Waals surface area contributed by atoms with Gasteiger partial charge in [-0.25, -0.2) is 0 Å². The van der Waals surface area contributed by atoms with Crippen molar-refractivity contribution in [3.05, 3.63) is 0 Å². The molecule has 0 bridgehead atoms. The summed E-state index contributed by atoms with van der Waals surface area (Å²) in [5, 5.41) is 30.3. The van der Waals surface area contributed by atoms with Crippen molar-refractivity contribution >= 4 is 11.8 Å². The quantitative estimate of drug-likeness (QED) is 0.700. The maximum atomic E-state index is 13.4. The van der Waals surface area contributed by atoms with Crippen LogP contribution in [0, 0.1) is 40.4 Å². The minimum absolute atomic E-state index is 0.0270. The number of carboxylic acid groups (broad SMARTS) is 1. The zero-order valence-corrected chi connectivity index (χ0v) is 15.9. The van der Waals surface area contributed by atoms with E-state index >= 15 is 0 Å². The normalized spacial score (nSPS) is 53.5. The first kappa shape index (κ1) is 18.4. The molecule has 4 rings (SSSR count). The Bertz CT molecular complexity index is 618. The van der Waals surface area contributed by atoms with Crippen molar-refractivity contribution in [1.82, 2.24) is 0 Å². The lowest BCUT2D eigenvalue weighted by molar-refractivity contribution is -0.167. The molecular weight excluding hydrogens is 332 g/mol. The van der Waals surface area contributed by atoms with Crippen LogP contribution in [0.5, 0.6) is 0 Å². The standard InChI is InChI=1S/C21H32O5/c1-20-6-5-13(22)7-11(20)3-4-14-18-15(23)8-12(9-17(25)26)21(18,2)10-16(24)19(14)20/h11-15,18-19,22-23H,3-10H2,1-2H3,(H,25,26)/t11?,12-,13-,14+,15+,18-,19-,20+,21-/m1/s1. The maximum absolute atomic E-state index is 13.4. The van der Waals surface area contributed by atoms with Crippen molar-refractivity contribution in [2.24, 2.45) is 40.4 Å². The minimum atomic E-state index is -0.837. The van der Waals surface area contributed by atoms with Crippen LogP contribution in [-0.4, -0.2) is 39.3 Å². The number of aliphatic hydroxyl groups excluding tert-OH is 2. The van der Waals surface area contributed by atoms with E-state index in [2.05, 4.69) is 13.8 Å². The van der Waals surface area contributed by atoms with Gasteiger partial charge < -0.3 is 15.3 Å². The Morgan fingerprint density at radius 1 is 1.12 bits per heavy atom. The Balaban J connectivity index is 1.68. The molecule has 4 saturated carbocycles. The van der Waals surface area contributed by atoms with Crippen molar-refractivity contribution in [3.63, 3.8) is 0 Å². The van der Waals surface area contributed by atoms with Gasteiger partial charge in [0, 0.05) is 18.8 Å². The van der Waals surface area contributed by atoms with E-state index in [1.165, 1.54) is 0 Å². The Morgan fingerprint density at radius 3 is 2.54 bits per heavy atom. The third-order valence-electron chi connectivity index (χ3n) is 8.91. The van der Waals surface area contributed by atoms with E-state index < -0.39 is 17.5 Å². The van der Waals surface area contributed by atoms with Gasteiger partial charge in [-0.2, -0.15) is 0 Å². The number of fused-ring (bicyclic) bond motifs is 5. The van der Waals surface area contributed by atoms with Crippen molar-refractivity contribution in [3.8, 4) is 0 Å². The molecule has 0 amide bonds. The number of rotatable bonds is 2. The molecule has 0 aromatic carbocycles. The van der Waals surface area contributed by atoms with Gasteiger partial charge in [0.2, 0.25) is 0 Å². The van der Waals surface area contributed by atoms with Crippen molar-refractivity contribution in [2.45, 2.75) is 77.4 Å². The van der Waals surface area contributed by atoms with Crippen LogP contribution < -0.4 is 0 Å². The van der Waals surface area contributed by atoms with Crippen LogP contribution in [0.1, 0.15) is 65.2 Å². The molecule has 5 heteroatoms. The van der Waals surface area contributed by atoms with Gasteiger partial charge in [0.05, 0.1) is 12.2 Å². The highest BCUT2D eigenvalue weighted by Crippen LogP contribution is 2.66. The summed E-state index contributed by atoms with van der Waals surface area (Å²) in [6.07, 6.45) is 4.55. The van der Waals surface area contributed by atoms with Crippen LogP contribution in [0.25, 0.3) is 0 Å². The molecule has 0 aliphatic heterocycles. The lowest BCUT2D eigenvalue weighted by Gasteiger charge is -2.60. The van der Waals surface area contributed by atoms with E-state index in [0.29, 0.717) is 18.8 Å². The number of carbonyl (C=O) groups is 2. The predicted molar refractivity (Wildman–Crippen MR) is 95.3 cm³/mol. The summed E-state index contributed by atoms with van der Waals surface area (Å²) in [5.74, 6) is -0.147. The second-order valence-electron chi connectivity index (χ2n) is 10.1. The zero-order chi connectivity index (χ0) is 18.9. The SMILES string of the molecule is C[C@]12CC(=O)[C@H]3[C@@H](CCC4C[C@H](O)CC[C@@]43C)[C@@H]1[C@@H](O)C[C@@H]2CC(=O)O. The van der Waals surface area contributed by atoms with Gasteiger partial charge in [-0.15, -0.1) is 0 Å². The average Bonchev–Trinajstić information content (AvgIpc) is 2.77. The van der Waals surface area contributed by atoms with E-state index in [4.69, 9.17) is 0 Å². The van der Waals surface area contributed by atoms with E-state index in [0.717, 1.165) is 32.1 Å². The van der Waals surface area contributed by atoms with Crippen LogP contribution in [0.3, 0.4) is 0 Å². The summed E-state index contributed by atoms with van der Waals surface area (Å²) in [6.45, 7) is 4.28. The fourth-order valence-corrected chi connectivity index (χ4v) is 7.77. The summed E-state index contributed by atoms with van der Waals surface area (Å²) in [7, 11) is 0. The third kappa shape index (κ3) is 2.50. The smallest absolute Gasteiger partial charge is 0.303 e. The zero-order valence-electron chi connectivity index (χ0n) is 15.9. The highest BCUT2D eigenvalue weighted by Gasteiger charge is 2.65. The second kappa shape index (κ2) is 6.03. The van der Waals surface area contributed by atoms with E-state index in [1.807, 2.05) is 0 Å². The largest absolute Gasteiger partial charge is 0.481 e. The molecule has 4 aliphatic carbocycles. The molecule has 0 spiro atoms. The molecular formula is C21H32O5. The highest BCUT2D eigenvalue weighted by molar-refractivity contribution is 5.84. The highest BCUT2D eigenvalue weighted by atomic mass is 16.4. The van der Waals surface area contributed by atoms with Crippen molar-refractivity contribution < 1.29 is 24.9 Å². The molecule has 146 valence electrons. The Hall–Kier alpha value is -0.940. The van der Waals surface area contributed by atoms with Crippen molar-refractivity contribution in [2.75, 3.05) is 0 Å². The number of ketones is 1. The van der Waals surface area contributed by atoms with Crippen molar-refractivity contribution in [1.29, 1.82) is 0 Å². The minimum Gasteiger partial charge on any atom is -0.481 e. The summed E-state index contributed by atoms with van der Waals surface area (Å²) >= 11 is 0. The first-order valence-corrected chi connectivity index (χ1v) is 10.3. The van der Waals surface area contributed by atoms with Gasteiger partial charge >= 0.3 is 5.97 Å². The molecule has 4 fully saturated rings. The summed E-state index contributed by atoms with van der Waals surface area (Å²) < 4.78 is 0. The third-order valence-corrected chi connectivity index (χ3v) is 8.91. The Morgan fingerprint density at radius 2 is 1.85 bits per heavy atom. The first-order chi connectivity index (χ1) is 12.2. The van der Waals surface area contributed by atoms with Gasteiger partial charge in [-0.3, -0.25) is 9.59 Å². The van der Waals surface area contributed by atoms with E-state index in [1.54, 1.807) is 0 Å². The predicted octanol–water partition coefficient (Wildman–Crippen LogP) is 2.63. The maximum Gasteiger partial charge on any atom is 0.303 e. The van der Waals surface area contributed by atoms with E-state index in [-0.39, 0.29) is 47.4 Å². The number of aliphatic carboxylic acids is 1. The molecule has 4 aliphatic rings. The van der Waals surface area contributed by atoms with Gasteiger partial charge in [-0.1, -0.05) is 13.8 Å². The molecule has 0 radical (unpaired) electrons. The molecule has 5 nitrogen and oxygen atoms in total.